The summed E-state index contributed by atoms with van der Waals surface area (Å²) in [7, 11) is 5.45. The molecule has 0 saturated carbocycles. The average Bonchev–Trinajstić information content (AvgIpc) is 2.10. The minimum atomic E-state index is -0.155. The molecule has 0 rings (SSSR count). The summed E-state index contributed by atoms with van der Waals surface area (Å²) in [5, 5.41) is 3.19. The number of hydrogen-bond donors (Lipinski definition) is 1. The van der Waals surface area contributed by atoms with Crippen molar-refractivity contribution in [3.8, 4) is 0 Å². The zero-order valence-electron chi connectivity index (χ0n) is 8.96. The van der Waals surface area contributed by atoms with Crippen molar-refractivity contribution in [2.75, 3.05) is 40.8 Å². The van der Waals surface area contributed by atoms with Gasteiger partial charge in [-0.1, -0.05) is 6.92 Å². The normalized spacial score (nSPS) is 13.0. The average molecular weight is 188 g/mol. The first-order valence-electron chi connectivity index (χ1n) is 4.51. The van der Waals surface area contributed by atoms with Gasteiger partial charge in [0.05, 0.1) is 13.0 Å². The van der Waals surface area contributed by atoms with E-state index in [0.29, 0.717) is 6.54 Å². The van der Waals surface area contributed by atoms with E-state index in [9.17, 15) is 4.79 Å². The van der Waals surface area contributed by atoms with Crippen LogP contribution in [0.5, 0.6) is 0 Å². The molecule has 0 aromatic carbocycles. The smallest absolute Gasteiger partial charge is 0.309 e. The summed E-state index contributed by atoms with van der Waals surface area (Å²) in [6, 6.07) is 0. The van der Waals surface area contributed by atoms with Crippen molar-refractivity contribution in [3.63, 3.8) is 0 Å². The van der Waals surface area contributed by atoms with Crippen molar-refractivity contribution in [1.82, 2.24) is 10.2 Å². The summed E-state index contributed by atoms with van der Waals surface area (Å²) in [6.45, 7) is 4.41. The Bertz CT molecular complexity index is 149. The van der Waals surface area contributed by atoms with Crippen LogP contribution in [0.3, 0.4) is 0 Å². The zero-order chi connectivity index (χ0) is 10.3. The number of carbonyl (C=O) groups is 1. The van der Waals surface area contributed by atoms with Crippen molar-refractivity contribution in [2.24, 2.45) is 5.92 Å². The Kier molecular flexibility index (Phi) is 6.54. The Morgan fingerprint density at radius 2 is 2.15 bits per heavy atom. The molecule has 0 aliphatic heterocycles. The van der Waals surface area contributed by atoms with E-state index in [-0.39, 0.29) is 11.9 Å². The first-order valence-corrected chi connectivity index (χ1v) is 4.51. The van der Waals surface area contributed by atoms with E-state index in [1.54, 1.807) is 0 Å². The molecule has 0 unspecified atom stereocenters. The fraction of sp³-hybridized carbons (Fsp3) is 0.889. The molecule has 0 bridgehead atoms. The van der Waals surface area contributed by atoms with Crippen LogP contribution in [0.4, 0.5) is 0 Å². The van der Waals surface area contributed by atoms with E-state index in [4.69, 9.17) is 0 Å². The summed E-state index contributed by atoms with van der Waals surface area (Å²) < 4.78 is 4.60. The molecule has 0 spiro atoms. The van der Waals surface area contributed by atoms with Gasteiger partial charge >= 0.3 is 5.97 Å². The van der Waals surface area contributed by atoms with Gasteiger partial charge in [-0.2, -0.15) is 0 Å². The van der Waals surface area contributed by atoms with Gasteiger partial charge in [-0.15, -0.1) is 0 Å². The number of rotatable bonds is 6. The monoisotopic (exact) mass is 188 g/mol. The lowest BCUT2D eigenvalue weighted by molar-refractivity contribution is -0.144. The highest BCUT2D eigenvalue weighted by Crippen LogP contribution is 1.94. The minimum Gasteiger partial charge on any atom is -0.469 e. The van der Waals surface area contributed by atoms with Crippen molar-refractivity contribution >= 4 is 5.97 Å². The number of methoxy groups -OCH3 is 1. The van der Waals surface area contributed by atoms with Crippen LogP contribution in [-0.2, 0) is 9.53 Å². The molecule has 78 valence electrons. The maximum absolute atomic E-state index is 11.0. The molecule has 0 radical (unpaired) electrons. The van der Waals surface area contributed by atoms with Gasteiger partial charge < -0.3 is 15.0 Å². The lowest BCUT2D eigenvalue weighted by Gasteiger charge is -2.12. The van der Waals surface area contributed by atoms with Gasteiger partial charge in [0.1, 0.15) is 0 Å². The van der Waals surface area contributed by atoms with Gasteiger partial charge in [0.2, 0.25) is 0 Å². The molecule has 1 N–H and O–H groups in total. The number of esters is 1. The third-order valence-electron chi connectivity index (χ3n) is 1.79. The molecule has 4 heteroatoms. The summed E-state index contributed by atoms with van der Waals surface area (Å²) in [6.07, 6.45) is 0. The molecule has 0 heterocycles. The first-order chi connectivity index (χ1) is 6.07. The molecule has 0 aliphatic rings. The first kappa shape index (κ1) is 12.4. The Hall–Kier alpha value is -0.610. The molecular formula is C9H20N2O2. The summed E-state index contributed by atoms with van der Waals surface area (Å²) in [5.74, 6) is -0.218. The number of likely N-dealkylation sites (N-methyl/N-ethyl adjacent to an activating group) is 1. The zero-order valence-corrected chi connectivity index (χ0v) is 8.96. The van der Waals surface area contributed by atoms with E-state index >= 15 is 0 Å². The van der Waals surface area contributed by atoms with E-state index in [2.05, 4.69) is 15.0 Å². The van der Waals surface area contributed by atoms with E-state index in [1.807, 2.05) is 21.0 Å². The van der Waals surface area contributed by atoms with Gasteiger partial charge in [0.25, 0.3) is 0 Å². The van der Waals surface area contributed by atoms with Crippen LogP contribution in [0.2, 0.25) is 0 Å². The van der Waals surface area contributed by atoms with Gasteiger partial charge in [0.15, 0.2) is 0 Å². The number of carbonyl (C=O) groups excluding carboxylic acids is 1. The SMILES string of the molecule is COC(=O)[C@H](C)CNCCN(C)C. The summed E-state index contributed by atoms with van der Waals surface area (Å²) in [5.41, 5.74) is 0. The van der Waals surface area contributed by atoms with Crippen LogP contribution in [0.1, 0.15) is 6.92 Å². The van der Waals surface area contributed by atoms with E-state index in [1.165, 1.54) is 7.11 Å². The third-order valence-corrected chi connectivity index (χ3v) is 1.79. The predicted octanol–water partition coefficient (Wildman–Crippen LogP) is -0.0533. The van der Waals surface area contributed by atoms with Crippen LogP contribution >= 0.6 is 0 Å². The van der Waals surface area contributed by atoms with Crippen molar-refractivity contribution in [2.45, 2.75) is 6.92 Å². The third kappa shape index (κ3) is 6.54. The highest BCUT2D eigenvalue weighted by atomic mass is 16.5. The summed E-state index contributed by atoms with van der Waals surface area (Å²) in [4.78, 5) is 13.1. The second-order valence-corrected chi connectivity index (χ2v) is 3.43. The molecule has 0 saturated heterocycles. The maximum atomic E-state index is 11.0. The Labute approximate surface area is 80.2 Å². The topological polar surface area (TPSA) is 41.6 Å². The van der Waals surface area contributed by atoms with Gasteiger partial charge in [-0.25, -0.2) is 0 Å². The standard InChI is InChI=1S/C9H20N2O2/c1-8(9(12)13-4)7-10-5-6-11(2)3/h8,10H,5-7H2,1-4H3/t8-/m1/s1. The fourth-order valence-electron chi connectivity index (χ4n) is 0.906. The molecular weight excluding hydrogens is 168 g/mol. The number of hydrogen-bond acceptors (Lipinski definition) is 4. The molecule has 0 aliphatic carbocycles. The van der Waals surface area contributed by atoms with E-state index in [0.717, 1.165) is 13.1 Å². The molecule has 0 fully saturated rings. The highest BCUT2D eigenvalue weighted by molar-refractivity contribution is 5.71. The van der Waals surface area contributed by atoms with Crippen LogP contribution in [-0.4, -0.2) is 51.7 Å². The lowest BCUT2D eigenvalue weighted by atomic mass is 10.2. The van der Waals surface area contributed by atoms with Gasteiger partial charge in [-0.05, 0) is 14.1 Å². The second kappa shape index (κ2) is 6.86. The van der Waals surface area contributed by atoms with Crippen LogP contribution in [0, 0.1) is 5.92 Å². The molecule has 0 aromatic rings. The predicted molar refractivity (Wildman–Crippen MR) is 52.6 cm³/mol. The number of nitrogens with zero attached hydrogens (tertiary/aromatic N) is 1. The van der Waals surface area contributed by atoms with Gasteiger partial charge in [-0.3, -0.25) is 4.79 Å². The maximum Gasteiger partial charge on any atom is 0.309 e. The lowest BCUT2D eigenvalue weighted by Crippen LogP contribution is -2.32. The quantitative estimate of drug-likeness (QED) is 0.468. The van der Waals surface area contributed by atoms with Crippen LogP contribution in [0.25, 0.3) is 0 Å². The molecule has 1 atom stereocenters. The largest absolute Gasteiger partial charge is 0.469 e. The van der Waals surface area contributed by atoms with Crippen molar-refractivity contribution in [3.05, 3.63) is 0 Å². The fourth-order valence-corrected chi connectivity index (χ4v) is 0.906. The molecule has 4 nitrogen and oxygen atoms in total. The Balaban J connectivity index is 3.37. The van der Waals surface area contributed by atoms with Crippen molar-refractivity contribution in [1.29, 1.82) is 0 Å². The number of nitrogens with one attached hydrogen (secondary N) is 1. The molecule has 0 aromatic heterocycles. The summed E-state index contributed by atoms with van der Waals surface area (Å²) >= 11 is 0. The van der Waals surface area contributed by atoms with Crippen LogP contribution in [0.15, 0.2) is 0 Å². The molecule has 0 amide bonds. The second-order valence-electron chi connectivity index (χ2n) is 3.43. The molecule has 13 heavy (non-hydrogen) atoms. The van der Waals surface area contributed by atoms with Gasteiger partial charge in [0, 0.05) is 19.6 Å². The Morgan fingerprint density at radius 3 is 2.62 bits per heavy atom. The van der Waals surface area contributed by atoms with Crippen LogP contribution < -0.4 is 5.32 Å². The number of ether oxygens (including phenoxy) is 1. The van der Waals surface area contributed by atoms with Crippen molar-refractivity contribution < 1.29 is 9.53 Å². The minimum absolute atomic E-state index is 0.0628. The highest BCUT2D eigenvalue weighted by Gasteiger charge is 2.11. The Morgan fingerprint density at radius 1 is 1.54 bits per heavy atom. The van der Waals surface area contributed by atoms with E-state index < -0.39 is 0 Å².